The second-order valence-corrected chi connectivity index (χ2v) is 5.74. The minimum atomic E-state index is -0.0309. The molecule has 1 N–H and O–H groups in total. The number of carbonyl (C=O) groups is 1. The highest BCUT2D eigenvalue weighted by molar-refractivity contribution is 9.10. The second kappa shape index (κ2) is 4.80. The standard InChI is InChI=1S/C12H14BrNOS/c1-7-4-8(7)6-14-12(15)10-3-2-9(13)5-11(10)16/h2-3,5,7-8,16H,4,6H2,1H3,(H,14,15). The van der Waals surface area contributed by atoms with Gasteiger partial charge in [-0.3, -0.25) is 4.79 Å². The van der Waals surface area contributed by atoms with Crippen LogP contribution in [0.1, 0.15) is 23.7 Å². The lowest BCUT2D eigenvalue weighted by molar-refractivity contribution is 0.0948. The maximum Gasteiger partial charge on any atom is 0.252 e. The zero-order chi connectivity index (χ0) is 11.7. The normalized spacial score (nSPS) is 22.9. The number of halogens is 1. The summed E-state index contributed by atoms with van der Waals surface area (Å²) in [5, 5.41) is 2.95. The number of amides is 1. The fourth-order valence-corrected chi connectivity index (χ4v) is 2.55. The third-order valence-corrected chi connectivity index (χ3v) is 3.87. The summed E-state index contributed by atoms with van der Waals surface area (Å²) in [6.07, 6.45) is 1.23. The Hall–Kier alpha value is -0.480. The topological polar surface area (TPSA) is 29.1 Å². The highest BCUT2D eigenvalue weighted by atomic mass is 79.9. The van der Waals surface area contributed by atoms with E-state index in [-0.39, 0.29) is 5.91 Å². The van der Waals surface area contributed by atoms with Gasteiger partial charge in [-0.25, -0.2) is 0 Å². The van der Waals surface area contributed by atoms with E-state index in [0.29, 0.717) is 16.4 Å². The Balaban J connectivity index is 1.97. The molecule has 1 aromatic rings. The first-order chi connectivity index (χ1) is 7.58. The van der Waals surface area contributed by atoms with Crippen LogP contribution in [0.3, 0.4) is 0 Å². The van der Waals surface area contributed by atoms with Crippen LogP contribution in [0.4, 0.5) is 0 Å². The van der Waals surface area contributed by atoms with Crippen molar-refractivity contribution in [3.8, 4) is 0 Å². The van der Waals surface area contributed by atoms with Crippen molar-refractivity contribution < 1.29 is 4.79 Å². The summed E-state index contributed by atoms with van der Waals surface area (Å²) in [4.78, 5) is 12.5. The van der Waals surface area contributed by atoms with E-state index in [1.165, 1.54) is 6.42 Å². The van der Waals surface area contributed by atoms with E-state index in [4.69, 9.17) is 0 Å². The van der Waals surface area contributed by atoms with Gasteiger partial charge in [0, 0.05) is 15.9 Å². The fraction of sp³-hybridized carbons (Fsp3) is 0.417. The van der Waals surface area contributed by atoms with Crippen molar-refractivity contribution in [2.75, 3.05) is 6.54 Å². The maximum atomic E-state index is 11.8. The van der Waals surface area contributed by atoms with Gasteiger partial charge in [-0.15, -0.1) is 12.6 Å². The Labute approximate surface area is 109 Å². The van der Waals surface area contributed by atoms with Gasteiger partial charge in [-0.1, -0.05) is 22.9 Å². The lowest BCUT2D eigenvalue weighted by Crippen LogP contribution is -2.26. The lowest BCUT2D eigenvalue weighted by atomic mass is 10.2. The van der Waals surface area contributed by atoms with Crippen LogP contribution in [-0.4, -0.2) is 12.5 Å². The van der Waals surface area contributed by atoms with E-state index in [2.05, 4.69) is 40.8 Å². The minimum absolute atomic E-state index is 0.0309. The van der Waals surface area contributed by atoms with E-state index in [9.17, 15) is 4.79 Å². The molecule has 0 saturated heterocycles. The molecule has 2 atom stereocenters. The molecule has 0 aromatic heterocycles. The first-order valence-electron chi connectivity index (χ1n) is 5.34. The molecule has 0 bridgehead atoms. The highest BCUT2D eigenvalue weighted by Crippen LogP contribution is 2.36. The number of nitrogens with one attached hydrogen (secondary N) is 1. The van der Waals surface area contributed by atoms with Gasteiger partial charge in [0.2, 0.25) is 0 Å². The van der Waals surface area contributed by atoms with Gasteiger partial charge >= 0.3 is 0 Å². The van der Waals surface area contributed by atoms with Crippen LogP contribution >= 0.6 is 28.6 Å². The van der Waals surface area contributed by atoms with E-state index in [1.54, 1.807) is 6.07 Å². The molecule has 16 heavy (non-hydrogen) atoms. The minimum Gasteiger partial charge on any atom is -0.352 e. The predicted molar refractivity (Wildman–Crippen MR) is 71.0 cm³/mol. The van der Waals surface area contributed by atoms with E-state index in [0.717, 1.165) is 16.9 Å². The van der Waals surface area contributed by atoms with Crippen molar-refractivity contribution >= 4 is 34.5 Å². The van der Waals surface area contributed by atoms with Crippen molar-refractivity contribution in [3.63, 3.8) is 0 Å². The van der Waals surface area contributed by atoms with Crippen LogP contribution in [-0.2, 0) is 0 Å². The third-order valence-electron chi connectivity index (χ3n) is 3.01. The predicted octanol–water partition coefficient (Wildman–Crippen LogP) is 3.12. The summed E-state index contributed by atoms with van der Waals surface area (Å²) in [5.41, 5.74) is 0.639. The molecular weight excluding hydrogens is 286 g/mol. The largest absolute Gasteiger partial charge is 0.352 e. The Morgan fingerprint density at radius 2 is 2.31 bits per heavy atom. The molecule has 1 fully saturated rings. The van der Waals surface area contributed by atoms with Gasteiger partial charge in [0.25, 0.3) is 5.91 Å². The van der Waals surface area contributed by atoms with Crippen molar-refractivity contribution in [2.45, 2.75) is 18.2 Å². The van der Waals surface area contributed by atoms with Gasteiger partial charge in [-0.2, -0.15) is 0 Å². The summed E-state index contributed by atoms with van der Waals surface area (Å²) in [7, 11) is 0. The molecule has 2 unspecified atom stereocenters. The quantitative estimate of drug-likeness (QED) is 0.825. The van der Waals surface area contributed by atoms with E-state index < -0.39 is 0 Å². The number of benzene rings is 1. The van der Waals surface area contributed by atoms with Crippen LogP contribution in [0.25, 0.3) is 0 Å². The number of hydrogen-bond donors (Lipinski definition) is 2. The molecular formula is C12H14BrNOS. The van der Waals surface area contributed by atoms with Crippen molar-refractivity contribution in [3.05, 3.63) is 28.2 Å². The summed E-state index contributed by atoms with van der Waals surface area (Å²) in [6.45, 7) is 2.99. The monoisotopic (exact) mass is 299 g/mol. The fourth-order valence-electron chi connectivity index (χ4n) is 1.70. The molecule has 1 aliphatic rings. The van der Waals surface area contributed by atoms with Gasteiger partial charge < -0.3 is 5.32 Å². The summed E-state index contributed by atoms with van der Waals surface area (Å²) in [5.74, 6) is 1.40. The van der Waals surface area contributed by atoms with Crippen molar-refractivity contribution in [2.24, 2.45) is 11.8 Å². The molecule has 0 heterocycles. The van der Waals surface area contributed by atoms with E-state index in [1.807, 2.05) is 12.1 Å². The molecule has 0 radical (unpaired) electrons. The number of thiol groups is 1. The molecule has 4 heteroatoms. The molecule has 0 aliphatic heterocycles. The average Bonchev–Trinajstić information content (AvgIpc) is 2.91. The summed E-state index contributed by atoms with van der Waals surface area (Å²) >= 11 is 7.64. The molecule has 1 aromatic carbocycles. The maximum absolute atomic E-state index is 11.8. The van der Waals surface area contributed by atoms with Crippen molar-refractivity contribution in [1.82, 2.24) is 5.32 Å². The van der Waals surface area contributed by atoms with Crippen LogP contribution in [0.15, 0.2) is 27.6 Å². The molecule has 1 amide bonds. The van der Waals surface area contributed by atoms with Crippen molar-refractivity contribution in [1.29, 1.82) is 0 Å². The van der Waals surface area contributed by atoms with Gasteiger partial charge in [0.1, 0.15) is 0 Å². The molecule has 2 nitrogen and oxygen atoms in total. The Kier molecular flexibility index (Phi) is 3.60. The Morgan fingerprint density at radius 1 is 1.62 bits per heavy atom. The van der Waals surface area contributed by atoms with Gasteiger partial charge in [-0.05, 0) is 36.5 Å². The van der Waals surface area contributed by atoms with Crippen LogP contribution in [0, 0.1) is 11.8 Å². The number of carbonyl (C=O) groups excluding carboxylic acids is 1. The lowest BCUT2D eigenvalue weighted by Gasteiger charge is -2.07. The van der Waals surface area contributed by atoms with Crippen LogP contribution in [0.2, 0.25) is 0 Å². The zero-order valence-electron chi connectivity index (χ0n) is 9.03. The molecule has 1 saturated carbocycles. The Morgan fingerprint density at radius 3 is 2.88 bits per heavy atom. The molecule has 86 valence electrons. The van der Waals surface area contributed by atoms with Crippen LogP contribution < -0.4 is 5.32 Å². The van der Waals surface area contributed by atoms with E-state index >= 15 is 0 Å². The first kappa shape index (κ1) is 12.0. The molecule has 0 spiro atoms. The van der Waals surface area contributed by atoms with Gasteiger partial charge in [0.15, 0.2) is 0 Å². The number of rotatable bonds is 3. The third kappa shape index (κ3) is 2.80. The smallest absolute Gasteiger partial charge is 0.252 e. The zero-order valence-corrected chi connectivity index (χ0v) is 11.5. The average molecular weight is 300 g/mol. The summed E-state index contributed by atoms with van der Waals surface area (Å²) < 4.78 is 0.935. The highest BCUT2D eigenvalue weighted by Gasteiger charge is 2.32. The number of hydrogen-bond acceptors (Lipinski definition) is 2. The Bertz CT molecular complexity index is 421. The first-order valence-corrected chi connectivity index (χ1v) is 6.58. The molecule has 1 aliphatic carbocycles. The summed E-state index contributed by atoms with van der Waals surface area (Å²) in [6, 6.07) is 5.48. The second-order valence-electron chi connectivity index (χ2n) is 4.34. The van der Waals surface area contributed by atoms with Crippen LogP contribution in [0.5, 0.6) is 0 Å². The van der Waals surface area contributed by atoms with Gasteiger partial charge in [0.05, 0.1) is 5.56 Å². The molecule has 2 rings (SSSR count). The SMILES string of the molecule is CC1CC1CNC(=O)c1ccc(Br)cc1S.